The van der Waals surface area contributed by atoms with Crippen LogP contribution in [0, 0.1) is 5.92 Å². The summed E-state index contributed by atoms with van der Waals surface area (Å²) in [5.74, 6) is 1.60. The van der Waals surface area contributed by atoms with Crippen molar-refractivity contribution in [3.63, 3.8) is 0 Å². The standard InChI is InChI=1S/C19H21N3O2/c1-13-8-9-22(17(11-13)18-7-4-10-24-18)19(23)12-16-14-5-2-3-6-15(14)20-21-16/h2-7,10,13,17H,8-9,11-12H2,1H3,(H,20,21)/t13-,17-/m1/s1. The van der Waals surface area contributed by atoms with E-state index < -0.39 is 0 Å². The minimum Gasteiger partial charge on any atom is -0.467 e. The van der Waals surface area contributed by atoms with Crippen LogP contribution >= 0.6 is 0 Å². The van der Waals surface area contributed by atoms with Crippen molar-refractivity contribution < 1.29 is 9.21 Å². The summed E-state index contributed by atoms with van der Waals surface area (Å²) < 4.78 is 5.59. The Morgan fingerprint density at radius 1 is 1.33 bits per heavy atom. The number of aromatic amines is 1. The van der Waals surface area contributed by atoms with E-state index in [0.717, 1.165) is 41.7 Å². The van der Waals surface area contributed by atoms with Crippen LogP contribution in [0.5, 0.6) is 0 Å². The Bertz CT molecular complexity index is 837. The number of aromatic nitrogens is 2. The second kappa shape index (κ2) is 6.15. The zero-order valence-corrected chi connectivity index (χ0v) is 13.7. The lowest BCUT2D eigenvalue weighted by Crippen LogP contribution is -2.41. The van der Waals surface area contributed by atoms with Gasteiger partial charge in [-0.05, 0) is 37.0 Å². The number of furan rings is 1. The molecule has 0 unspecified atom stereocenters. The molecule has 2 atom stereocenters. The van der Waals surface area contributed by atoms with E-state index in [9.17, 15) is 4.79 Å². The van der Waals surface area contributed by atoms with Gasteiger partial charge in [0.1, 0.15) is 5.76 Å². The third kappa shape index (κ3) is 2.70. The number of para-hydroxylation sites is 1. The van der Waals surface area contributed by atoms with E-state index in [0.29, 0.717) is 12.3 Å². The van der Waals surface area contributed by atoms with Crippen molar-refractivity contribution in [1.29, 1.82) is 0 Å². The zero-order valence-electron chi connectivity index (χ0n) is 13.7. The lowest BCUT2D eigenvalue weighted by Gasteiger charge is -2.37. The highest BCUT2D eigenvalue weighted by Crippen LogP contribution is 2.34. The number of fused-ring (bicyclic) bond motifs is 1. The Morgan fingerprint density at radius 3 is 3.04 bits per heavy atom. The molecule has 4 rings (SSSR count). The number of H-pyrrole nitrogens is 1. The molecule has 1 fully saturated rings. The highest BCUT2D eigenvalue weighted by atomic mass is 16.3. The third-order valence-electron chi connectivity index (χ3n) is 4.93. The fourth-order valence-electron chi connectivity index (χ4n) is 3.59. The number of piperidine rings is 1. The predicted molar refractivity (Wildman–Crippen MR) is 91.4 cm³/mol. The lowest BCUT2D eigenvalue weighted by atomic mass is 9.90. The van der Waals surface area contributed by atoms with E-state index in [2.05, 4.69) is 17.1 Å². The monoisotopic (exact) mass is 323 g/mol. The molecule has 1 amide bonds. The highest BCUT2D eigenvalue weighted by Gasteiger charge is 2.32. The quantitative estimate of drug-likeness (QED) is 0.799. The molecule has 1 aliphatic rings. The van der Waals surface area contributed by atoms with Crippen molar-refractivity contribution >= 4 is 16.8 Å². The van der Waals surface area contributed by atoms with E-state index in [1.54, 1.807) is 6.26 Å². The molecule has 0 radical (unpaired) electrons. The van der Waals surface area contributed by atoms with Gasteiger partial charge in [0.15, 0.2) is 0 Å². The molecule has 1 aromatic carbocycles. The van der Waals surface area contributed by atoms with Crippen LogP contribution in [0.2, 0.25) is 0 Å². The fourth-order valence-corrected chi connectivity index (χ4v) is 3.59. The molecule has 3 heterocycles. The fraction of sp³-hybridized carbons (Fsp3) is 0.368. The number of likely N-dealkylation sites (tertiary alicyclic amines) is 1. The number of amides is 1. The van der Waals surface area contributed by atoms with Crippen molar-refractivity contribution in [2.75, 3.05) is 6.54 Å². The summed E-state index contributed by atoms with van der Waals surface area (Å²) >= 11 is 0. The van der Waals surface area contributed by atoms with E-state index in [4.69, 9.17) is 4.42 Å². The largest absolute Gasteiger partial charge is 0.467 e. The molecule has 1 N–H and O–H groups in total. The average Bonchev–Trinajstić information content (AvgIpc) is 3.25. The van der Waals surface area contributed by atoms with Gasteiger partial charge in [-0.1, -0.05) is 25.1 Å². The molecule has 0 bridgehead atoms. The first kappa shape index (κ1) is 15.0. The molecule has 0 aliphatic carbocycles. The van der Waals surface area contributed by atoms with E-state index in [-0.39, 0.29) is 11.9 Å². The van der Waals surface area contributed by atoms with Crippen molar-refractivity contribution in [3.05, 3.63) is 54.1 Å². The summed E-state index contributed by atoms with van der Waals surface area (Å²) in [5, 5.41) is 8.32. The number of nitrogens with one attached hydrogen (secondary N) is 1. The topological polar surface area (TPSA) is 62.1 Å². The maximum Gasteiger partial charge on any atom is 0.229 e. The van der Waals surface area contributed by atoms with Gasteiger partial charge in [0, 0.05) is 11.9 Å². The zero-order chi connectivity index (χ0) is 16.5. The maximum atomic E-state index is 13.0. The number of nitrogens with zero attached hydrogens (tertiary/aromatic N) is 2. The minimum absolute atomic E-state index is 0.0328. The second-order valence-electron chi connectivity index (χ2n) is 6.64. The van der Waals surface area contributed by atoms with Crippen molar-refractivity contribution in [2.45, 2.75) is 32.2 Å². The molecular weight excluding hydrogens is 302 g/mol. The van der Waals surface area contributed by atoms with Crippen molar-refractivity contribution in [2.24, 2.45) is 5.92 Å². The summed E-state index contributed by atoms with van der Waals surface area (Å²) in [4.78, 5) is 14.9. The Labute approximate surface area is 140 Å². The van der Waals surface area contributed by atoms with Crippen LogP contribution in [-0.2, 0) is 11.2 Å². The van der Waals surface area contributed by atoms with Crippen LogP contribution in [0.15, 0.2) is 47.1 Å². The maximum absolute atomic E-state index is 13.0. The van der Waals surface area contributed by atoms with E-state index >= 15 is 0 Å². The molecule has 24 heavy (non-hydrogen) atoms. The molecule has 2 aromatic heterocycles. The smallest absolute Gasteiger partial charge is 0.229 e. The number of carbonyl (C=O) groups is 1. The molecule has 3 aromatic rings. The average molecular weight is 323 g/mol. The normalized spacial score (nSPS) is 21.3. The second-order valence-corrected chi connectivity index (χ2v) is 6.64. The molecule has 124 valence electrons. The molecule has 0 spiro atoms. The number of carbonyl (C=O) groups excluding carboxylic acids is 1. The number of hydrogen-bond acceptors (Lipinski definition) is 3. The van der Waals surface area contributed by atoms with Crippen LogP contribution in [0.1, 0.15) is 37.3 Å². The van der Waals surface area contributed by atoms with Crippen LogP contribution in [0.3, 0.4) is 0 Å². The van der Waals surface area contributed by atoms with Crippen LogP contribution < -0.4 is 0 Å². The molecule has 0 saturated carbocycles. The Balaban J connectivity index is 1.58. The molecule has 5 nitrogen and oxygen atoms in total. The summed E-state index contributed by atoms with van der Waals surface area (Å²) in [5.41, 5.74) is 1.78. The summed E-state index contributed by atoms with van der Waals surface area (Å²) in [6, 6.07) is 11.8. The number of benzene rings is 1. The molecular formula is C19H21N3O2. The van der Waals surface area contributed by atoms with Gasteiger partial charge >= 0.3 is 0 Å². The molecule has 1 saturated heterocycles. The van der Waals surface area contributed by atoms with Gasteiger partial charge in [0.05, 0.1) is 29.9 Å². The van der Waals surface area contributed by atoms with Crippen molar-refractivity contribution in [1.82, 2.24) is 15.1 Å². The van der Waals surface area contributed by atoms with Gasteiger partial charge < -0.3 is 9.32 Å². The summed E-state index contributed by atoms with van der Waals surface area (Å²) in [6.07, 6.45) is 4.00. The Morgan fingerprint density at radius 2 is 2.21 bits per heavy atom. The summed E-state index contributed by atoms with van der Waals surface area (Å²) in [6.45, 7) is 3.01. The van der Waals surface area contributed by atoms with E-state index in [1.165, 1.54) is 0 Å². The van der Waals surface area contributed by atoms with E-state index in [1.807, 2.05) is 41.3 Å². The number of hydrogen-bond donors (Lipinski definition) is 1. The van der Waals surface area contributed by atoms with Gasteiger partial charge in [-0.2, -0.15) is 5.10 Å². The first-order valence-electron chi connectivity index (χ1n) is 8.47. The summed E-state index contributed by atoms with van der Waals surface area (Å²) in [7, 11) is 0. The van der Waals surface area contributed by atoms with Crippen LogP contribution in [-0.4, -0.2) is 27.5 Å². The Hall–Kier alpha value is -2.56. The third-order valence-corrected chi connectivity index (χ3v) is 4.93. The SMILES string of the molecule is C[C@@H]1CCN(C(=O)Cc2[nH]nc3ccccc23)[C@@H](c2ccco2)C1. The predicted octanol–water partition coefficient (Wildman–Crippen LogP) is 3.70. The first-order valence-corrected chi connectivity index (χ1v) is 8.47. The number of rotatable bonds is 3. The molecule has 1 aliphatic heterocycles. The lowest BCUT2D eigenvalue weighted by molar-refractivity contribution is -0.135. The van der Waals surface area contributed by atoms with Crippen LogP contribution in [0.25, 0.3) is 10.9 Å². The van der Waals surface area contributed by atoms with Crippen molar-refractivity contribution in [3.8, 4) is 0 Å². The highest BCUT2D eigenvalue weighted by molar-refractivity contribution is 5.87. The van der Waals surface area contributed by atoms with Gasteiger partial charge in [0.2, 0.25) is 5.91 Å². The molecule has 5 heteroatoms. The van der Waals surface area contributed by atoms with Gasteiger partial charge in [-0.3, -0.25) is 9.89 Å². The first-order chi connectivity index (χ1) is 11.7. The van der Waals surface area contributed by atoms with Gasteiger partial charge in [-0.25, -0.2) is 0 Å². The Kier molecular flexibility index (Phi) is 3.84. The van der Waals surface area contributed by atoms with Crippen LogP contribution in [0.4, 0.5) is 0 Å². The van der Waals surface area contributed by atoms with Gasteiger partial charge in [-0.15, -0.1) is 0 Å². The minimum atomic E-state index is 0.0328. The van der Waals surface area contributed by atoms with Gasteiger partial charge in [0.25, 0.3) is 0 Å².